The van der Waals surface area contributed by atoms with E-state index in [0.717, 1.165) is 41.8 Å². The quantitative estimate of drug-likeness (QED) is 0.254. The largest absolute Gasteiger partial charge is 0.329 e. The maximum Gasteiger partial charge on any atom is 0.244 e. The second-order valence-corrected chi connectivity index (χ2v) is 11.2. The lowest BCUT2D eigenvalue weighted by Gasteiger charge is -2.37. The topological polar surface area (TPSA) is 115 Å². The average molecular weight is 589 g/mol. The number of hydrogen-bond donors (Lipinski definition) is 4. The Bertz CT molecular complexity index is 1430. The molecule has 2 aromatic carbocycles. The molecule has 0 aliphatic carbocycles. The van der Waals surface area contributed by atoms with Gasteiger partial charge in [-0.05, 0) is 98.1 Å². The molecule has 3 amide bonds. The molecule has 0 saturated carbocycles. The van der Waals surface area contributed by atoms with Crippen LogP contribution in [-0.4, -0.2) is 54.3 Å². The number of anilines is 2. The van der Waals surface area contributed by atoms with Gasteiger partial charge in [-0.25, -0.2) is 9.37 Å². The molecule has 4 rings (SSSR count). The van der Waals surface area contributed by atoms with Crippen LogP contribution in [0.15, 0.2) is 60.8 Å². The van der Waals surface area contributed by atoms with E-state index in [2.05, 4.69) is 26.3 Å². The van der Waals surface area contributed by atoms with Crippen LogP contribution in [0.3, 0.4) is 0 Å². The zero-order valence-corrected chi connectivity index (χ0v) is 25.1. The van der Waals surface area contributed by atoms with Gasteiger partial charge < -0.3 is 26.2 Å². The molecular weight excluding hydrogens is 547 g/mol. The number of halogens is 1. The lowest BCUT2D eigenvalue weighted by Crippen LogP contribution is -2.49. The third-order valence-corrected chi connectivity index (χ3v) is 7.90. The van der Waals surface area contributed by atoms with Gasteiger partial charge in [0.2, 0.25) is 17.7 Å². The number of piperidine rings is 1. The van der Waals surface area contributed by atoms with E-state index in [1.165, 1.54) is 12.1 Å². The van der Waals surface area contributed by atoms with Crippen molar-refractivity contribution in [1.82, 2.24) is 20.5 Å². The van der Waals surface area contributed by atoms with Crippen molar-refractivity contribution in [3.05, 3.63) is 88.9 Å². The molecule has 1 fully saturated rings. The lowest BCUT2D eigenvalue weighted by atomic mass is 9.79. The van der Waals surface area contributed by atoms with Crippen LogP contribution in [0.1, 0.15) is 48.9 Å². The SMILES string of the molecule is CCc1ccc(NC(=O)CN(Cc2ccc(F)cc2CNC)C(=O)C2(C)CCNCC2)cc1CC(=O)Nc1ccccn1. The van der Waals surface area contributed by atoms with E-state index < -0.39 is 5.41 Å². The van der Waals surface area contributed by atoms with E-state index in [0.29, 0.717) is 30.9 Å². The Hall–Kier alpha value is -4.15. The lowest BCUT2D eigenvalue weighted by molar-refractivity contribution is -0.145. The van der Waals surface area contributed by atoms with Gasteiger partial charge in [0.1, 0.15) is 18.2 Å². The Kier molecular flexibility index (Phi) is 11.0. The van der Waals surface area contributed by atoms with E-state index in [9.17, 15) is 18.8 Å². The van der Waals surface area contributed by atoms with Gasteiger partial charge in [-0.2, -0.15) is 0 Å². The van der Waals surface area contributed by atoms with Crippen LogP contribution in [0.25, 0.3) is 0 Å². The molecule has 43 heavy (non-hydrogen) atoms. The molecule has 0 spiro atoms. The van der Waals surface area contributed by atoms with Crippen molar-refractivity contribution >= 4 is 29.2 Å². The highest BCUT2D eigenvalue weighted by Gasteiger charge is 2.38. The van der Waals surface area contributed by atoms with Crippen LogP contribution in [0.2, 0.25) is 0 Å². The summed E-state index contributed by atoms with van der Waals surface area (Å²) in [4.78, 5) is 45.8. The average Bonchev–Trinajstić information content (AvgIpc) is 2.99. The molecule has 1 aliphatic rings. The van der Waals surface area contributed by atoms with E-state index in [1.807, 2.05) is 26.0 Å². The third kappa shape index (κ3) is 8.68. The molecule has 2 heterocycles. The van der Waals surface area contributed by atoms with Gasteiger partial charge in [0.05, 0.1) is 6.42 Å². The van der Waals surface area contributed by atoms with Gasteiger partial charge in [0.25, 0.3) is 0 Å². The first-order chi connectivity index (χ1) is 20.7. The summed E-state index contributed by atoms with van der Waals surface area (Å²) in [6.07, 6.45) is 3.79. The number of pyridine rings is 1. The second kappa shape index (κ2) is 14.8. The minimum Gasteiger partial charge on any atom is -0.329 e. The van der Waals surface area contributed by atoms with Crippen LogP contribution in [0.4, 0.5) is 15.9 Å². The molecule has 1 aromatic heterocycles. The Morgan fingerprint density at radius 3 is 2.42 bits per heavy atom. The molecule has 3 aromatic rings. The van der Waals surface area contributed by atoms with E-state index >= 15 is 0 Å². The van der Waals surface area contributed by atoms with Crippen molar-refractivity contribution in [3.8, 4) is 0 Å². The summed E-state index contributed by atoms with van der Waals surface area (Å²) in [5, 5.41) is 12.1. The minimum absolute atomic E-state index is 0.0999. The third-order valence-electron chi connectivity index (χ3n) is 7.90. The molecule has 0 atom stereocenters. The molecule has 9 nitrogen and oxygen atoms in total. The summed E-state index contributed by atoms with van der Waals surface area (Å²) in [7, 11) is 1.78. The number of carbonyl (C=O) groups excluding carboxylic acids is 3. The minimum atomic E-state index is -0.606. The number of benzene rings is 2. The fraction of sp³-hybridized carbons (Fsp3) is 0.394. The normalized spacial score (nSPS) is 14.1. The van der Waals surface area contributed by atoms with Crippen molar-refractivity contribution in [2.75, 3.05) is 37.3 Å². The van der Waals surface area contributed by atoms with Gasteiger partial charge in [-0.1, -0.05) is 32.0 Å². The zero-order valence-electron chi connectivity index (χ0n) is 25.1. The van der Waals surface area contributed by atoms with Crippen LogP contribution < -0.4 is 21.3 Å². The molecule has 1 saturated heterocycles. The smallest absolute Gasteiger partial charge is 0.244 e. The van der Waals surface area contributed by atoms with Crippen molar-refractivity contribution in [3.63, 3.8) is 0 Å². The van der Waals surface area contributed by atoms with Crippen molar-refractivity contribution in [1.29, 1.82) is 0 Å². The van der Waals surface area contributed by atoms with E-state index in [4.69, 9.17) is 0 Å². The number of aromatic nitrogens is 1. The Morgan fingerprint density at radius 2 is 1.72 bits per heavy atom. The Balaban J connectivity index is 1.52. The van der Waals surface area contributed by atoms with Gasteiger partial charge in [0.15, 0.2) is 0 Å². The monoisotopic (exact) mass is 588 g/mol. The van der Waals surface area contributed by atoms with Crippen LogP contribution in [-0.2, 0) is 40.3 Å². The highest BCUT2D eigenvalue weighted by Crippen LogP contribution is 2.31. The maximum absolute atomic E-state index is 14.0. The highest BCUT2D eigenvalue weighted by molar-refractivity contribution is 5.96. The molecule has 0 unspecified atom stereocenters. The predicted octanol–water partition coefficient (Wildman–Crippen LogP) is 4.04. The van der Waals surface area contributed by atoms with Crippen LogP contribution >= 0.6 is 0 Å². The fourth-order valence-corrected chi connectivity index (χ4v) is 5.47. The molecule has 228 valence electrons. The number of hydrogen-bond acceptors (Lipinski definition) is 6. The van der Waals surface area contributed by atoms with Gasteiger partial charge >= 0.3 is 0 Å². The Morgan fingerprint density at radius 1 is 0.953 bits per heavy atom. The van der Waals surface area contributed by atoms with Crippen LogP contribution in [0, 0.1) is 11.2 Å². The fourth-order valence-electron chi connectivity index (χ4n) is 5.47. The van der Waals surface area contributed by atoms with Gasteiger partial charge in [-0.3, -0.25) is 14.4 Å². The molecule has 0 radical (unpaired) electrons. The number of nitrogens with one attached hydrogen (secondary N) is 4. The van der Waals surface area contributed by atoms with Gasteiger partial charge in [-0.15, -0.1) is 0 Å². The first-order valence-corrected chi connectivity index (χ1v) is 14.8. The van der Waals surface area contributed by atoms with Crippen molar-refractivity contribution < 1.29 is 18.8 Å². The molecule has 10 heteroatoms. The summed E-state index contributed by atoms with van der Waals surface area (Å²) in [5.74, 6) is -0.537. The number of carbonyl (C=O) groups is 3. The molecular formula is C33H41FN6O3. The predicted molar refractivity (Wildman–Crippen MR) is 166 cm³/mol. The number of aryl methyl sites for hydroxylation is 1. The van der Waals surface area contributed by atoms with Gasteiger partial charge in [0, 0.05) is 30.4 Å². The number of rotatable bonds is 12. The zero-order chi connectivity index (χ0) is 30.8. The standard InChI is InChI=1S/C33H41FN6O3/c1-4-23-9-11-28(18-25(23)19-30(41)39-29-7-5-6-14-37-29)38-31(42)22-40(32(43)33(2)12-15-36-16-13-33)21-24-8-10-27(34)17-26(24)20-35-3/h5-11,14,17-18,35-36H,4,12-13,15-16,19-22H2,1-3H3,(H,38,42)(H,37,39,41). The highest BCUT2D eigenvalue weighted by atomic mass is 19.1. The molecule has 1 aliphatic heterocycles. The maximum atomic E-state index is 14.0. The summed E-state index contributed by atoms with van der Waals surface area (Å²) in [6, 6.07) is 15.3. The number of nitrogens with zero attached hydrogens (tertiary/aromatic N) is 2. The second-order valence-electron chi connectivity index (χ2n) is 11.2. The first kappa shape index (κ1) is 31.8. The summed E-state index contributed by atoms with van der Waals surface area (Å²) >= 11 is 0. The first-order valence-electron chi connectivity index (χ1n) is 14.8. The van der Waals surface area contributed by atoms with E-state index in [-0.39, 0.29) is 43.0 Å². The molecule has 0 bridgehead atoms. The summed E-state index contributed by atoms with van der Waals surface area (Å²) in [5.41, 5.74) is 3.25. The molecule has 4 N–H and O–H groups in total. The van der Waals surface area contributed by atoms with Crippen molar-refractivity contribution in [2.45, 2.75) is 52.6 Å². The summed E-state index contributed by atoms with van der Waals surface area (Å²) in [6.45, 7) is 5.86. The van der Waals surface area contributed by atoms with E-state index in [1.54, 1.807) is 48.5 Å². The Labute approximate surface area is 252 Å². The van der Waals surface area contributed by atoms with Crippen LogP contribution in [0.5, 0.6) is 0 Å². The van der Waals surface area contributed by atoms with Crippen molar-refractivity contribution in [2.24, 2.45) is 5.41 Å². The number of amides is 3. The summed E-state index contributed by atoms with van der Waals surface area (Å²) < 4.78 is 14.0.